The fraction of sp³-hybridized carbons (Fsp3) is 0.303. The van der Waals surface area contributed by atoms with Gasteiger partial charge in [-0.15, -0.1) is 0 Å². The lowest BCUT2D eigenvalue weighted by molar-refractivity contribution is -0.124. The van der Waals surface area contributed by atoms with E-state index in [1.807, 2.05) is 0 Å². The summed E-state index contributed by atoms with van der Waals surface area (Å²) in [6.07, 6.45) is 0.813. The maximum atomic E-state index is 14.2. The maximum absolute atomic E-state index is 14.2. The molecule has 2 aliphatic rings. The molecule has 47 heavy (non-hydrogen) atoms. The summed E-state index contributed by atoms with van der Waals surface area (Å²) in [6.45, 7) is 1.16. The molecule has 0 bridgehead atoms. The number of pyridine rings is 1. The first-order chi connectivity index (χ1) is 22.5. The predicted molar refractivity (Wildman–Crippen MR) is 169 cm³/mol. The monoisotopic (exact) mass is 665 g/mol. The number of aliphatic hydroxyl groups is 1. The van der Waals surface area contributed by atoms with Crippen molar-refractivity contribution in [2.24, 2.45) is 5.92 Å². The van der Waals surface area contributed by atoms with E-state index in [0.29, 0.717) is 11.4 Å². The number of fused-ring (bicyclic) bond motifs is 1. The van der Waals surface area contributed by atoms with Gasteiger partial charge in [0.2, 0.25) is 23.2 Å². The number of benzene rings is 2. The summed E-state index contributed by atoms with van der Waals surface area (Å²) >= 11 is 6.55. The van der Waals surface area contributed by atoms with Gasteiger partial charge < -0.3 is 39.8 Å². The fourth-order valence-corrected chi connectivity index (χ4v) is 6.16. The lowest BCUT2D eigenvalue weighted by atomic mass is 9.69. The number of methoxy groups -OCH3 is 3. The number of hydrogen-bond donors (Lipinski definition) is 4. The number of phenols is 1. The number of allylic oxidation sites excluding steroid dienone is 1. The zero-order valence-corrected chi connectivity index (χ0v) is 26.6. The molecule has 1 aliphatic carbocycles. The van der Waals surface area contributed by atoms with Crippen LogP contribution in [0.4, 0.5) is 5.82 Å². The van der Waals surface area contributed by atoms with E-state index >= 15 is 0 Å². The molecule has 2 heterocycles. The van der Waals surface area contributed by atoms with Gasteiger partial charge in [-0.2, -0.15) is 0 Å². The van der Waals surface area contributed by atoms with E-state index in [4.69, 9.17) is 30.5 Å². The van der Waals surface area contributed by atoms with Gasteiger partial charge in [0.1, 0.15) is 27.9 Å². The van der Waals surface area contributed by atoms with Gasteiger partial charge in [-0.3, -0.25) is 19.2 Å². The van der Waals surface area contributed by atoms with Crippen LogP contribution in [-0.2, 0) is 14.4 Å². The summed E-state index contributed by atoms with van der Waals surface area (Å²) in [4.78, 5) is 57.8. The van der Waals surface area contributed by atoms with Crippen molar-refractivity contribution in [3.63, 3.8) is 0 Å². The van der Waals surface area contributed by atoms with Gasteiger partial charge in [-0.1, -0.05) is 30.7 Å². The maximum Gasteiger partial charge on any atom is 0.244 e. The van der Waals surface area contributed by atoms with E-state index in [0.717, 1.165) is 0 Å². The average Bonchev–Trinajstić information content (AvgIpc) is 3.38. The molecule has 1 aromatic heterocycles. The van der Waals surface area contributed by atoms with Crippen LogP contribution in [0.25, 0.3) is 0 Å². The Labute approximate surface area is 274 Å². The third kappa shape index (κ3) is 5.89. The zero-order valence-electron chi connectivity index (χ0n) is 25.9. The fourth-order valence-electron chi connectivity index (χ4n) is 5.90. The number of aromatic nitrogens is 1. The van der Waals surface area contributed by atoms with Crippen LogP contribution in [0.2, 0.25) is 5.02 Å². The minimum Gasteiger partial charge on any atom is -0.507 e. The number of amides is 2. The summed E-state index contributed by atoms with van der Waals surface area (Å²) in [5.41, 5.74) is -2.09. The minimum absolute atomic E-state index is 0.0323. The third-order valence-electron chi connectivity index (χ3n) is 8.23. The highest BCUT2D eigenvalue weighted by molar-refractivity contribution is 6.35. The molecule has 3 aromatic rings. The topological polar surface area (TPSA) is 183 Å². The largest absolute Gasteiger partial charge is 0.507 e. The van der Waals surface area contributed by atoms with Crippen LogP contribution in [-0.4, -0.2) is 72.1 Å². The van der Waals surface area contributed by atoms with Crippen molar-refractivity contribution < 1.29 is 48.3 Å². The van der Waals surface area contributed by atoms with E-state index in [1.54, 1.807) is 25.1 Å². The first-order valence-electron chi connectivity index (χ1n) is 14.5. The van der Waals surface area contributed by atoms with Crippen molar-refractivity contribution in [2.75, 3.05) is 33.2 Å². The molecule has 0 radical (unpaired) electrons. The molecule has 2 aromatic carbocycles. The number of carbonyl (C=O) groups excluding carboxylic acids is 4. The minimum atomic E-state index is -2.09. The quantitative estimate of drug-likeness (QED) is 0.244. The van der Waals surface area contributed by atoms with Crippen molar-refractivity contribution in [3.05, 3.63) is 76.1 Å². The summed E-state index contributed by atoms with van der Waals surface area (Å²) in [6, 6.07) is 10.5. The van der Waals surface area contributed by atoms with Crippen molar-refractivity contribution in [1.82, 2.24) is 10.3 Å². The number of nitrogens with one attached hydrogen (secondary N) is 2. The number of Topliss-reactive ketones (excluding diaryl/α,β-unsaturated/α-hetero) is 2. The van der Waals surface area contributed by atoms with E-state index in [9.17, 15) is 29.4 Å². The SMILES string of the molecule is COc1cc(C(CC(=O)NCC(=O)Nc2ccccn2)C2=C(O)[C@@]3(Oc4c(Cl)c(OC)cc(OC)c4C3=O)[C@H](C)CC2=O)ccc1O. The molecule has 0 saturated heterocycles. The molecular formula is C33H32ClN3O10. The number of carbonyl (C=O) groups is 4. The number of phenolic OH excluding ortho intramolecular Hbond substituents is 1. The second kappa shape index (κ2) is 13.2. The summed E-state index contributed by atoms with van der Waals surface area (Å²) in [5, 5.41) is 27.3. The van der Waals surface area contributed by atoms with Crippen LogP contribution >= 0.6 is 11.6 Å². The third-order valence-corrected chi connectivity index (χ3v) is 8.59. The summed E-state index contributed by atoms with van der Waals surface area (Å²) in [5.74, 6) is -4.89. The standard InChI is InChI=1S/C33H32ClN3O10/c1-16-11-20(39)27(31(42)33(16)32(43)28-22(45-3)14-23(46-4)29(34)30(28)47-33)18(17-8-9-19(38)21(12-17)44-2)13-25(40)36-15-26(41)37-24-7-5-6-10-35-24/h5-10,12,14,16,18,38,42H,11,13,15H2,1-4H3,(H,36,40)(H,35,37,41)/t16-,18?,33+/m1/s1. The van der Waals surface area contributed by atoms with Crippen LogP contribution < -0.4 is 29.6 Å². The number of nitrogens with zero attached hydrogens (tertiary/aromatic N) is 1. The molecule has 1 aliphatic heterocycles. The van der Waals surface area contributed by atoms with Gasteiger partial charge in [0.15, 0.2) is 28.8 Å². The number of halogens is 1. The van der Waals surface area contributed by atoms with Crippen LogP contribution in [0.5, 0.6) is 28.7 Å². The first-order valence-corrected chi connectivity index (χ1v) is 14.8. The van der Waals surface area contributed by atoms with E-state index in [1.165, 1.54) is 51.8 Å². The predicted octanol–water partition coefficient (Wildman–Crippen LogP) is 4.13. The normalized spacial score (nSPS) is 19.1. The zero-order chi connectivity index (χ0) is 34.0. The molecular weight excluding hydrogens is 634 g/mol. The van der Waals surface area contributed by atoms with Crippen molar-refractivity contribution in [3.8, 4) is 28.7 Å². The van der Waals surface area contributed by atoms with Gasteiger partial charge in [0.05, 0.1) is 27.9 Å². The van der Waals surface area contributed by atoms with Gasteiger partial charge in [0.25, 0.3) is 0 Å². The summed E-state index contributed by atoms with van der Waals surface area (Å²) < 4.78 is 22.2. The molecule has 0 fully saturated rings. The molecule has 1 spiro atoms. The number of ether oxygens (including phenoxy) is 4. The lowest BCUT2D eigenvalue weighted by Gasteiger charge is -2.38. The van der Waals surface area contributed by atoms with Crippen molar-refractivity contribution in [1.29, 1.82) is 0 Å². The molecule has 0 saturated carbocycles. The van der Waals surface area contributed by atoms with E-state index < -0.39 is 59.5 Å². The smallest absolute Gasteiger partial charge is 0.244 e. The van der Waals surface area contributed by atoms with Crippen molar-refractivity contribution in [2.45, 2.75) is 31.3 Å². The Bertz CT molecular complexity index is 1790. The Morgan fingerprint density at radius 3 is 2.43 bits per heavy atom. The number of aromatic hydroxyl groups is 1. The average molecular weight is 666 g/mol. The molecule has 2 amide bonds. The Balaban J connectivity index is 1.56. The molecule has 3 atom stereocenters. The van der Waals surface area contributed by atoms with Gasteiger partial charge in [-0.25, -0.2) is 4.98 Å². The van der Waals surface area contributed by atoms with Gasteiger partial charge >= 0.3 is 0 Å². The van der Waals surface area contributed by atoms with E-state index in [2.05, 4.69) is 15.6 Å². The molecule has 5 rings (SSSR count). The van der Waals surface area contributed by atoms with Crippen LogP contribution in [0.1, 0.15) is 41.6 Å². The van der Waals surface area contributed by atoms with Gasteiger partial charge in [0, 0.05) is 42.5 Å². The second-order valence-electron chi connectivity index (χ2n) is 11.0. The van der Waals surface area contributed by atoms with Gasteiger partial charge in [-0.05, 0) is 29.8 Å². The Morgan fingerprint density at radius 2 is 1.77 bits per heavy atom. The highest BCUT2D eigenvalue weighted by Crippen LogP contribution is 2.56. The molecule has 246 valence electrons. The second-order valence-corrected chi connectivity index (χ2v) is 11.4. The van der Waals surface area contributed by atoms with Crippen LogP contribution in [0, 0.1) is 5.92 Å². The molecule has 4 N–H and O–H groups in total. The molecule has 1 unspecified atom stereocenters. The van der Waals surface area contributed by atoms with E-state index in [-0.39, 0.29) is 51.3 Å². The highest BCUT2D eigenvalue weighted by Gasteiger charge is 2.61. The Kier molecular flexibility index (Phi) is 9.29. The summed E-state index contributed by atoms with van der Waals surface area (Å²) in [7, 11) is 4.05. The number of ketones is 2. The number of aliphatic hydroxyl groups excluding tert-OH is 1. The Morgan fingerprint density at radius 1 is 1.04 bits per heavy atom. The highest BCUT2D eigenvalue weighted by atomic mass is 35.5. The van der Waals surface area contributed by atoms with Crippen molar-refractivity contribution >= 4 is 40.8 Å². The molecule has 13 nitrogen and oxygen atoms in total. The first kappa shape index (κ1) is 33.1. The number of hydrogen-bond acceptors (Lipinski definition) is 11. The molecule has 14 heteroatoms. The number of rotatable bonds is 10. The van der Waals surface area contributed by atoms with Crippen LogP contribution in [0.3, 0.4) is 0 Å². The number of anilines is 1. The Hall–Kier alpha value is -5.30. The lowest BCUT2D eigenvalue weighted by Crippen LogP contribution is -2.53. The van der Waals surface area contributed by atoms with Crippen LogP contribution in [0.15, 0.2) is 60.0 Å².